The number of hydrogen-bond donors (Lipinski definition) is 1. The fourth-order valence-electron chi connectivity index (χ4n) is 3.50. The highest BCUT2D eigenvalue weighted by Gasteiger charge is 2.32. The zero-order chi connectivity index (χ0) is 19.8. The molecule has 28 heavy (non-hydrogen) atoms. The van der Waals surface area contributed by atoms with E-state index < -0.39 is 12.0 Å². The smallest absolute Gasteiger partial charge is 0.260 e. The fraction of sp³-hybridized carbons (Fsp3) is 0.316. The van der Waals surface area contributed by atoms with Gasteiger partial charge in [-0.25, -0.2) is 9.50 Å². The molecule has 3 aromatic rings. The van der Waals surface area contributed by atoms with Gasteiger partial charge in [0.25, 0.3) is 11.7 Å². The SMILES string of the molecule is Cc1nc2ncnn2c(C)c1CCC(=O)N1C[C@H](C(N)=O)Oc2ccccc21. The number of benzene rings is 1. The summed E-state index contributed by atoms with van der Waals surface area (Å²) in [5.74, 6) is 0.305. The Kier molecular flexibility index (Phi) is 4.42. The zero-order valence-electron chi connectivity index (χ0n) is 15.6. The first-order valence-corrected chi connectivity index (χ1v) is 8.97. The van der Waals surface area contributed by atoms with Crippen LogP contribution in [0, 0.1) is 13.8 Å². The molecule has 4 rings (SSSR count). The maximum atomic E-state index is 13.0. The highest BCUT2D eigenvalue weighted by molar-refractivity contribution is 5.97. The molecule has 1 atom stereocenters. The summed E-state index contributed by atoms with van der Waals surface area (Å²) in [5, 5.41) is 4.18. The van der Waals surface area contributed by atoms with Crippen LogP contribution in [0.2, 0.25) is 0 Å². The monoisotopic (exact) mass is 380 g/mol. The van der Waals surface area contributed by atoms with E-state index in [1.165, 1.54) is 6.33 Å². The number of carbonyl (C=O) groups excluding carboxylic acids is 2. The molecule has 0 saturated heterocycles. The van der Waals surface area contributed by atoms with Crippen LogP contribution in [-0.2, 0) is 16.0 Å². The number of aryl methyl sites for hydroxylation is 2. The molecule has 0 bridgehead atoms. The quantitative estimate of drug-likeness (QED) is 0.721. The standard InChI is InChI=1S/C19H20N6O3/c1-11-13(12(2)25-19(23-11)21-10-22-25)7-8-17(26)24-9-16(18(20)27)28-15-6-4-3-5-14(15)24/h3-6,10,16H,7-9H2,1-2H3,(H2,20,27)/t16-/m1/s1. The lowest BCUT2D eigenvalue weighted by Gasteiger charge is -2.33. The summed E-state index contributed by atoms with van der Waals surface area (Å²) in [6.45, 7) is 3.93. The molecule has 1 aliphatic heterocycles. The largest absolute Gasteiger partial charge is 0.477 e. The van der Waals surface area contributed by atoms with Crippen LogP contribution in [0.15, 0.2) is 30.6 Å². The summed E-state index contributed by atoms with van der Waals surface area (Å²) in [7, 11) is 0. The van der Waals surface area contributed by atoms with Gasteiger partial charge in [-0.1, -0.05) is 12.1 Å². The summed E-state index contributed by atoms with van der Waals surface area (Å²) in [4.78, 5) is 34.8. The molecule has 0 unspecified atom stereocenters. The molecule has 9 heteroatoms. The zero-order valence-corrected chi connectivity index (χ0v) is 15.6. The number of rotatable bonds is 4. The maximum Gasteiger partial charge on any atom is 0.260 e. The number of aromatic nitrogens is 4. The van der Waals surface area contributed by atoms with Crippen LogP contribution in [0.1, 0.15) is 23.4 Å². The second-order valence-electron chi connectivity index (χ2n) is 6.71. The van der Waals surface area contributed by atoms with Gasteiger partial charge in [0, 0.05) is 17.8 Å². The van der Waals surface area contributed by atoms with Crippen molar-refractivity contribution in [1.82, 2.24) is 19.6 Å². The number of anilines is 1. The van der Waals surface area contributed by atoms with Crippen LogP contribution in [0.4, 0.5) is 5.69 Å². The van der Waals surface area contributed by atoms with E-state index in [-0.39, 0.29) is 18.9 Å². The van der Waals surface area contributed by atoms with Gasteiger partial charge in [0.15, 0.2) is 6.10 Å². The number of hydrogen-bond acceptors (Lipinski definition) is 6. The number of nitrogens with zero attached hydrogens (tertiary/aromatic N) is 5. The first-order chi connectivity index (χ1) is 13.5. The van der Waals surface area contributed by atoms with Crippen molar-refractivity contribution in [2.24, 2.45) is 5.73 Å². The van der Waals surface area contributed by atoms with Gasteiger partial charge in [-0.2, -0.15) is 10.1 Å². The second kappa shape index (κ2) is 6.91. The number of amides is 2. The normalized spacial score (nSPS) is 15.9. The number of primary amides is 1. The average Bonchev–Trinajstić information content (AvgIpc) is 3.15. The van der Waals surface area contributed by atoms with E-state index >= 15 is 0 Å². The first kappa shape index (κ1) is 17.9. The number of para-hydroxylation sites is 2. The summed E-state index contributed by atoms with van der Waals surface area (Å²) in [6.07, 6.45) is 1.34. The molecule has 0 radical (unpaired) electrons. The minimum atomic E-state index is -0.865. The van der Waals surface area contributed by atoms with Gasteiger partial charge in [0.05, 0.1) is 12.2 Å². The molecular weight excluding hydrogens is 360 g/mol. The molecule has 144 valence electrons. The Labute approximate surface area is 161 Å². The third kappa shape index (κ3) is 3.04. The predicted octanol–water partition coefficient (Wildman–Crippen LogP) is 0.953. The summed E-state index contributed by atoms with van der Waals surface area (Å²) in [6, 6.07) is 7.13. The number of carbonyl (C=O) groups is 2. The summed E-state index contributed by atoms with van der Waals surface area (Å²) >= 11 is 0. The predicted molar refractivity (Wildman–Crippen MR) is 101 cm³/mol. The van der Waals surface area contributed by atoms with Gasteiger partial charge in [-0.05, 0) is 38.0 Å². The second-order valence-corrected chi connectivity index (χ2v) is 6.71. The van der Waals surface area contributed by atoms with Crippen molar-refractivity contribution < 1.29 is 14.3 Å². The Bertz CT molecular complexity index is 1080. The minimum Gasteiger partial charge on any atom is -0.477 e. The van der Waals surface area contributed by atoms with Crippen LogP contribution in [0.5, 0.6) is 5.75 Å². The third-order valence-corrected chi connectivity index (χ3v) is 4.97. The lowest BCUT2D eigenvalue weighted by molar-refractivity contribution is -0.125. The van der Waals surface area contributed by atoms with E-state index in [0.29, 0.717) is 23.6 Å². The van der Waals surface area contributed by atoms with Crippen molar-refractivity contribution in [3.05, 3.63) is 47.5 Å². The molecular formula is C19H20N6O3. The molecule has 9 nitrogen and oxygen atoms in total. The molecule has 2 amide bonds. The van der Waals surface area contributed by atoms with Crippen molar-refractivity contribution in [2.45, 2.75) is 32.8 Å². The van der Waals surface area contributed by atoms with Crippen molar-refractivity contribution in [3.63, 3.8) is 0 Å². The van der Waals surface area contributed by atoms with Crippen LogP contribution < -0.4 is 15.4 Å². The van der Waals surface area contributed by atoms with Gasteiger partial charge in [-0.3, -0.25) is 9.59 Å². The van der Waals surface area contributed by atoms with Crippen LogP contribution in [0.3, 0.4) is 0 Å². The molecule has 2 aromatic heterocycles. The first-order valence-electron chi connectivity index (χ1n) is 8.97. The van der Waals surface area contributed by atoms with Crippen molar-refractivity contribution >= 4 is 23.3 Å². The Morgan fingerprint density at radius 3 is 2.86 bits per heavy atom. The summed E-state index contributed by atoms with van der Waals surface area (Å²) < 4.78 is 7.28. The highest BCUT2D eigenvalue weighted by atomic mass is 16.5. The number of fused-ring (bicyclic) bond motifs is 2. The van der Waals surface area contributed by atoms with E-state index in [9.17, 15) is 9.59 Å². The molecule has 0 fully saturated rings. The lowest BCUT2D eigenvalue weighted by atomic mass is 10.1. The van der Waals surface area contributed by atoms with Crippen molar-refractivity contribution in [3.8, 4) is 5.75 Å². The molecule has 0 spiro atoms. The Morgan fingerprint density at radius 1 is 1.29 bits per heavy atom. The van der Waals surface area contributed by atoms with Crippen molar-refractivity contribution in [2.75, 3.05) is 11.4 Å². The van der Waals surface area contributed by atoms with E-state index in [1.54, 1.807) is 27.6 Å². The van der Waals surface area contributed by atoms with Gasteiger partial charge in [0.2, 0.25) is 5.91 Å². The Morgan fingerprint density at radius 2 is 2.07 bits per heavy atom. The Hall–Kier alpha value is -3.49. The van der Waals surface area contributed by atoms with Gasteiger partial charge >= 0.3 is 0 Å². The molecule has 0 saturated carbocycles. The fourth-order valence-corrected chi connectivity index (χ4v) is 3.50. The molecule has 2 N–H and O–H groups in total. The Balaban J connectivity index is 1.58. The maximum absolute atomic E-state index is 13.0. The van der Waals surface area contributed by atoms with E-state index in [1.807, 2.05) is 19.9 Å². The van der Waals surface area contributed by atoms with Gasteiger partial charge in [0.1, 0.15) is 12.1 Å². The van der Waals surface area contributed by atoms with Crippen LogP contribution in [-0.4, -0.2) is 44.0 Å². The van der Waals surface area contributed by atoms with Gasteiger partial charge in [-0.15, -0.1) is 0 Å². The topological polar surface area (TPSA) is 116 Å². The van der Waals surface area contributed by atoms with Crippen LogP contribution in [0.25, 0.3) is 5.78 Å². The van der Waals surface area contributed by atoms with Gasteiger partial charge < -0.3 is 15.4 Å². The van der Waals surface area contributed by atoms with E-state index in [0.717, 1.165) is 17.0 Å². The molecule has 0 aliphatic carbocycles. The lowest BCUT2D eigenvalue weighted by Crippen LogP contribution is -2.49. The highest BCUT2D eigenvalue weighted by Crippen LogP contribution is 2.33. The number of nitrogens with two attached hydrogens (primary N) is 1. The number of ether oxygens (including phenoxy) is 1. The van der Waals surface area contributed by atoms with Crippen molar-refractivity contribution in [1.29, 1.82) is 0 Å². The minimum absolute atomic E-state index is 0.101. The van der Waals surface area contributed by atoms with E-state index in [4.69, 9.17) is 10.5 Å². The summed E-state index contributed by atoms with van der Waals surface area (Å²) in [5.41, 5.74) is 8.74. The molecule has 1 aliphatic rings. The van der Waals surface area contributed by atoms with E-state index in [2.05, 4.69) is 15.1 Å². The van der Waals surface area contributed by atoms with Crippen LogP contribution >= 0.6 is 0 Å². The molecule has 3 heterocycles. The average molecular weight is 380 g/mol. The third-order valence-electron chi connectivity index (χ3n) is 4.97. The molecule has 1 aromatic carbocycles.